The van der Waals surface area contributed by atoms with Crippen molar-refractivity contribution in [2.24, 2.45) is 0 Å². The Morgan fingerprint density at radius 1 is 1.20 bits per heavy atom. The highest BCUT2D eigenvalue weighted by Gasteiger charge is 2.32. The van der Waals surface area contributed by atoms with Crippen molar-refractivity contribution >= 4 is 29.5 Å². The fourth-order valence-electron chi connectivity index (χ4n) is 2.85. The van der Waals surface area contributed by atoms with Gasteiger partial charge in [-0.1, -0.05) is 29.6 Å². The van der Waals surface area contributed by atoms with Crippen LogP contribution >= 0.6 is 23.5 Å². The summed E-state index contributed by atoms with van der Waals surface area (Å²) >= 11 is 1.45. The molecule has 0 bridgehead atoms. The molecule has 1 aromatic heterocycles. The van der Waals surface area contributed by atoms with Crippen LogP contribution in [-0.4, -0.2) is 60.1 Å². The molecule has 0 saturated carbocycles. The van der Waals surface area contributed by atoms with E-state index in [2.05, 4.69) is 10.2 Å². The van der Waals surface area contributed by atoms with Gasteiger partial charge in [0.25, 0.3) is 5.76 Å². The lowest BCUT2D eigenvalue weighted by Gasteiger charge is -2.28. The van der Waals surface area contributed by atoms with Gasteiger partial charge in [-0.3, -0.25) is 4.57 Å². The van der Waals surface area contributed by atoms with Gasteiger partial charge in [-0.05, 0) is 17.7 Å². The molecule has 2 aromatic rings. The molecule has 0 aliphatic carbocycles. The van der Waals surface area contributed by atoms with Crippen LogP contribution in [-0.2, 0) is 17.0 Å². The molecule has 0 N–H and O–H groups in total. The zero-order chi connectivity index (χ0) is 21.7. The van der Waals surface area contributed by atoms with E-state index in [1.54, 1.807) is 17.0 Å². The van der Waals surface area contributed by atoms with Crippen LogP contribution in [0.4, 0.5) is 27.9 Å². The first-order valence-electron chi connectivity index (χ1n) is 8.84. The Kier molecular flexibility index (Phi) is 7.69. The molecule has 1 aromatic carbocycles. The standard InChI is InChI=1S/C17H19F5N4O2S2/c1-27-12-8-11(2-3-13(12)30-14(18)19)9-29-16-24-23-15(25-4-6-28-7-5-25)26(16)10-17(20,21)22/h2-3,8,14H,4-7,9-10H2,1H3. The highest BCUT2D eigenvalue weighted by molar-refractivity contribution is 7.99. The third-order valence-electron chi connectivity index (χ3n) is 4.14. The number of ether oxygens (including phenoxy) is 2. The number of halogens is 5. The third-order valence-corrected chi connectivity index (χ3v) is 5.95. The van der Waals surface area contributed by atoms with Gasteiger partial charge in [0.05, 0.1) is 25.2 Å². The molecule has 1 aliphatic rings. The Balaban J connectivity index is 1.78. The molecule has 1 fully saturated rings. The monoisotopic (exact) mass is 470 g/mol. The molecule has 13 heteroatoms. The van der Waals surface area contributed by atoms with Crippen molar-refractivity contribution in [2.45, 2.75) is 34.3 Å². The van der Waals surface area contributed by atoms with Crippen molar-refractivity contribution < 1.29 is 31.4 Å². The van der Waals surface area contributed by atoms with Gasteiger partial charge in [0.2, 0.25) is 5.95 Å². The van der Waals surface area contributed by atoms with Gasteiger partial charge in [0.1, 0.15) is 12.3 Å². The van der Waals surface area contributed by atoms with Gasteiger partial charge in [-0.2, -0.15) is 22.0 Å². The smallest absolute Gasteiger partial charge is 0.406 e. The van der Waals surface area contributed by atoms with Gasteiger partial charge < -0.3 is 14.4 Å². The van der Waals surface area contributed by atoms with Crippen LogP contribution in [0.25, 0.3) is 0 Å². The minimum atomic E-state index is -4.43. The largest absolute Gasteiger partial charge is 0.496 e. The van der Waals surface area contributed by atoms with Gasteiger partial charge in [0.15, 0.2) is 5.16 Å². The van der Waals surface area contributed by atoms with E-state index in [1.807, 2.05) is 0 Å². The number of hydrogen-bond donors (Lipinski definition) is 0. The second kappa shape index (κ2) is 10.1. The first-order valence-corrected chi connectivity index (χ1v) is 10.7. The molecule has 1 aliphatic heterocycles. The number of methoxy groups -OCH3 is 1. The van der Waals surface area contributed by atoms with Gasteiger partial charge in [-0.25, -0.2) is 0 Å². The lowest BCUT2D eigenvalue weighted by molar-refractivity contribution is -0.141. The van der Waals surface area contributed by atoms with Crippen molar-refractivity contribution in [3.63, 3.8) is 0 Å². The summed E-state index contributed by atoms with van der Waals surface area (Å²) in [5, 5.41) is 8.04. The van der Waals surface area contributed by atoms with E-state index in [0.29, 0.717) is 43.6 Å². The maximum atomic E-state index is 13.1. The van der Waals surface area contributed by atoms with Crippen LogP contribution in [0.2, 0.25) is 0 Å². The number of nitrogens with zero attached hydrogens (tertiary/aromatic N) is 4. The van der Waals surface area contributed by atoms with Gasteiger partial charge in [-0.15, -0.1) is 10.2 Å². The van der Waals surface area contributed by atoms with Gasteiger partial charge in [0, 0.05) is 18.8 Å². The number of hydrogen-bond acceptors (Lipinski definition) is 7. The van der Waals surface area contributed by atoms with Crippen LogP contribution in [0.15, 0.2) is 28.3 Å². The molecule has 0 atom stereocenters. The average molecular weight is 470 g/mol. The summed E-state index contributed by atoms with van der Waals surface area (Å²) in [5.74, 6) is -1.88. The van der Waals surface area contributed by atoms with E-state index in [1.165, 1.54) is 13.2 Å². The predicted octanol–water partition coefficient (Wildman–Crippen LogP) is 4.29. The lowest BCUT2D eigenvalue weighted by atomic mass is 10.2. The molecule has 0 radical (unpaired) electrons. The number of thioether (sulfide) groups is 2. The van der Waals surface area contributed by atoms with Crippen molar-refractivity contribution in [3.05, 3.63) is 23.8 Å². The normalized spacial score (nSPS) is 15.1. The second-order valence-corrected chi connectivity index (χ2v) is 8.21. The maximum absolute atomic E-state index is 13.1. The Labute approximate surface area is 178 Å². The molecule has 6 nitrogen and oxygen atoms in total. The highest BCUT2D eigenvalue weighted by Crippen LogP contribution is 2.36. The number of aromatic nitrogens is 3. The van der Waals surface area contributed by atoms with Crippen LogP contribution in [0, 0.1) is 0 Å². The van der Waals surface area contributed by atoms with E-state index >= 15 is 0 Å². The van der Waals surface area contributed by atoms with E-state index in [-0.39, 0.29) is 27.5 Å². The van der Waals surface area contributed by atoms with Crippen molar-refractivity contribution in [2.75, 3.05) is 38.3 Å². The summed E-state index contributed by atoms with van der Waals surface area (Å²) in [4.78, 5) is 2.00. The van der Waals surface area contributed by atoms with Crippen molar-refractivity contribution in [1.29, 1.82) is 0 Å². The van der Waals surface area contributed by atoms with Crippen molar-refractivity contribution in [3.8, 4) is 5.75 Å². The third kappa shape index (κ3) is 6.14. The molecule has 30 heavy (non-hydrogen) atoms. The van der Waals surface area contributed by atoms with Gasteiger partial charge >= 0.3 is 6.18 Å². The maximum Gasteiger partial charge on any atom is 0.406 e. The van der Waals surface area contributed by atoms with Crippen LogP contribution < -0.4 is 9.64 Å². The molecular formula is C17H19F5N4O2S2. The number of anilines is 1. The molecule has 0 amide bonds. The SMILES string of the molecule is COc1cc(CSc2nnc(N3CCOCC3)n2CC(F)(F)F)ccc1SC(F)F. The van der Waals surface area contributed by atoms with Crippen molar-refractivity contribution in [1.82, 2.24) is 14.8 Å². The number of benzene rings is 1. The van der Waals surface area contributed by atoms with Crippen LogP contribution in [0.1, 0.15) is 5.56 Å². The molecule has 2 heterocycles. The number of alkyl halides is 5. The molecule has 0 spiro atoms. The fraction of sp³-hybridized carbons (Fsp3) is 0.529. The molecule has 166 valence electrons. The summed E-state index contributed by atoms with van der Waals surface area (Å²) in [6.07, 6.45) is -4.43. The molecule has 1 saturated heterocycles. The summed E-state index contributed by atoms with van der Waals surface area (Å²) in [6.45, 7) is 0.471. The Hall–Kier alpha value is -1.73. The average Bonchev–Trinajstić information content (AvgIpc) is 3.08. The minimum absolute atomic E-state index is 0.124. The zero-order valence-electron chi connectivity index (χ0n) is 15.9. The van der Waals surface area contributed by atoms with Crippen LogP contribution in [0.5, 0.6) is 5.75 Å². The number of morpholine rings is 1. The molecule has 3 rings (SSSR count). The highest BCUT2D eigenvalue weighted by atomic mass is 32.2. The van der Waals surface area contributed by atoms with E-state index in [4.69, 9.17) is 9.47 Å². The van der Waals surface area contributed by atoms with E-state index in [9.17, 15) is 22.0 Å². The predicted molar refractivity (Wildman–Crippen MR) is 104 cm³/mol. The number of rotatable bonds is 8. The zero-order valence-corrected chi connectivity index (χ0v) is 17.5. The lowest BCUT2D eigenvalue weighted by Crippen LogP contribution is -2.38. The second-order valence-electron chi connectivity index (χ2n) is 6.24. The first kappa shape index (κ1) is 22.9. The Morgan fingerprint density at radius 3 is 2.57 bits per heavy atom. The molecule has 0 unspecified atom stereocenters. The Morgan fingerprint density at radius 2 is 1.93 bits per heavy atom. The topological polar surface area (TPSA) is 52.4 Å². The van der Waals surface area contributed by atoms with E-state index < -0.39 is 18.5 Å². The molecular weight excluding hydrogens is 451 g/mol. The minimum Gasteiger partial charge on any atom is -0.496 e. The fourth-order valence-corrected chi connectivity index (χ4v) is 4.32. The first-order chi connectivity index (χ1) is 14.3. The quantitative estimate of drug-likeness (QED) is 0.421. The summed E-state index contributed by atoms with van der Waals surface area (Å²) in [7, 11) is 1.37. The summed E-state index contributed by atoms with van der Waals surface area (Å²) in [6, 6.07) is 4.73. The van der Waals surface area contributed by atoms with Crippen LogP contribution in [0.3, 0.4) is 0 Å². The Bertz CT molecular complexity index is 844. The summed E-state index contributed by atoms with van der Waals surface area (Å²) in [5.41, 5.74) is 0.699. The van der Waals surface area contributed by atoms with E-state index in [0.717, 1.165) is 16.3 Å². The summed E-state index contributed by atoms with van der Waals surface area (Å²) < 4.78 is 76.1.